The molecule has 28 heavy (non-hydrogen) atoms. The van der Waals surface area contributed by atoms with Crippen LogP contribution in [0.4, 0.5) is 5.69 Å². The summed E-state index contributed by atoms with van der Waals surface area (Å²) in [5.41, 5.74) is 1.44. The number of benzene rings is 2. The van der Waals surface area contributed by atoms with Crippen LogP contribution >= 0.6 is 23.2 Å². The van der Waals surface area contributed by atoms with Crippen LogP contribution in [0, 0.1) is 0 Å². The van der Waals surface area contributed by atoms with Gasteiger partial charge < -0.3 is 10.2 Å². The Bertz CT molecular complexity index is 794. The van der Waals surface area contributed by atoms with Gasteiger partial charge in [0, 0.05) is 7.05 Å². The van der Waals surface area contributed by atoms with Crippen molar-refractivity contribution in [3.8, 4) is 0 Å². The van der Waals surface area contributed by atoms with Crippen LogP contribution in [-0.2, 0) is 9.59 Å². The molecule has 0 aliphatic rings. The highest BCUT2D eigenvalue weighted by atomic mass is 35.5. The fraction of sp³-hybridized carbons (Fsp3) is 0.333. The highest BCUT2D eigenvalue weighted by Gasteiger charge is 2.21. The maximum atomic E-state index is 12.7. The summed E-state index contributed by atoms with van der Waals surface area (Å²) < 4.78 is 0. The molecule has 1 unspecified atom stereocenters. The Morgan fingerprint density at radius 3 is 2.18 bits per heavy atom. The van der Waals surface area contributed by atoms with E-state index < -0.39 is 0 Å². The second-order valence-corrected chi connectivity index (χ2v) is 7.35. The van der Waals surface area contributed by atoms with Crippen molar-refractivity contribution >= 4 is 40.7 Å². The molecule has 2 amide bonds. The zero-order valence-corrected chi connectivity index (χ0v) is 17.8. The number of amides is 2. The third-order valence-corrected chi connectivity index (χ3v) is 5.29. The number of hydrogen-bond donors (Lipinski definition) is 1. The minimum Gasteiger partial charge on any atom is -0.338 e. The van der Waals surface area contributed by atoms with Gasteiger partial charge in [0.2, 0.25) is 11.8 Å². The van der Waals surface area contributed by atoms with Crippen molar-refractivity contribution < 1.29 is 9.59 Å². The molecular formula is C21H25Cl2N3O2. The minimum atomic E-state index is -0.275. The van der Waals surface area contributed by atoms with Crippen LogP contribution in [0.5, 0.6) is 0 Å². The third-order valence-electron chi connectivity index (χ3n) is 4.66. The number of para-hydroxylation sites is 1. The van der Waals surface area contributed by atoms with Crippen molar-refractivity contribution in [1.29, 1.82) is 0 Å². The second-order valence-electron chi connectivity index (χ2n) is 6.54. The topological polar surface area (TPSA) is 52.7 Å². The molecule has 0 aromatic heterocycles. The van der Waals surface area contributed by atoms with Crippen molar-refractivity contribution in [2.24, 2.45) is 0 Å². The molecular weight excluding hydrogens is 397 g/mol. The number of nitrogens with one attached hydrogen (secondary N) is 1. The summed E-state index contributed by atoms with van der Waals surface area (Å²) in [6.45, 7) is 4.66. The Morgan fingerprint density at radius 1 is 1.00 bits per heavy atom. The Balaban J connectivity index is 1.95. The molecule has 0 heterocycles. The van der Waals surface area contributed by atoms with E-state index in [1.807, 2.05) is 44.2 Å². The summed E-state index contributed by atoms with van der Waals surface area (Å²) in [6.07, 6.45) is 0. The van der Waals surface area contributed by atoms with Crippen molar-refractivity contribution in [2.75, 3.05) is 32.0 Å². The summed E-state index contributed by atoms with van der Waals surface area (Å²) in [6, 6.07) is 14.8. The quantitative estimate of drug-likeness (QED) is 0.683. The molecule has 0 spiro atoms. The summed E-state index contributed by atoms with van der Waals surface area (Å²) in [4.78, 5) is 28.6. The molecule has 2 rings (SSSR count). The molecule has 0 saturated heterocycles. The maximum Gasteiger partial charge on any atom is 0.238 e. The second kappa shape index (κ2) is 10.5. The van der Waals surface area contributed by atoms with E-state index in [1.54, 1.807) is 35.0 Å². The van der Waals surface area contributed by atoms with Gasteiger partial charge in [-0.25, -0.2) is 0 Å². The van der Waals surface area contributed by atoms with Crippen LogP contribution in [0.1, 0.15) is 25.5 Å². The van der Waals surface area contributed by atoms with Gasteiger partial charge in [0.05, 0.1) is 34.9 Å². The van der Waals surface area contributed by atoms with Gasteiger partial charge in [0.15, 0.2) is 0 Å². The van der Waals surface area contributed by atoms with E-state index in [4.69, 9.17) is 23.2 Å². The fourth-order valence-electron chi connectivity index (χ4n) is 2.75. The first kappa shape index (κ1) is 22.2. The van der Waals surface area contributed by atoms with E-state index in [0.29, 0.717) is 22.3 Å². The van der Waals surface area contributed by atoms with Crippen LogP contribution in [0.3, 0.4) is 0 Å². The lowest BCUT2D eigenvalue weighted by atomic mass is 10.1. The molecule has 0 fully saturated rings. The molecule has 150 valence electrons. The SMILES string of the molecule is CCN(CC(=O)Nc1c(Cl)cccc1Cl)CC(=O)N(C)C(C)c1ccccc1. The van der Waals surface area contributed by atoms with Gasteiger partial charge in [-0.3, -0.25) is 14.5 Å². The predicted molar refractivity (Wildman–Crippen MR) is 115 cm³/mol. The Morgan fingerprint density at radius 2 is 1.61 bits per heavy atom. The van der Waals surface area contributed by atoms with E-state index in [2.05, 4.69) is 5.32 Å². The zero-order chi connectivity index (χ0) is 20.7. The van der Waals surface area contributed by atoms with Crippen molar-refractivity contribution in [1.82, 2.24) is 9.80 Å². The molecule has 0 aliphatic carbocycles. The lowest BCUT2D eigenvalue weighted by Gasteiger charge is -2.28. The van der Waals surface area contributed by atoms with Gasteiger partial charge in [-0.1, -0.05) is 66.5 Å². The molecule has 1 atom stereocenters. The van der Waals surface area contributed by atoms with Gasteiger partial charge in [-0.2, -0.15) is 0 Å². The van der Waals surface area contributed by atoms with E-state index in [0.717, 1.165) is 5.56 Å². The Hall–Kier alpha value is -2.08. The van der Waals surface area contributed by atoms with Crippen molar-refractivity contribution in [3.63, 3.8) is 0 Å². The smallest absolute Gasteiger partial charge is 0.238 e. The Kier molecular flexibility index (Phi) is 8.30. The first-order valence-electron chi connectivity index (χ1n) is 9.10. The van der Waals surface area contributed by atoms with Crippen LogP contribution in [0.15, 0.2) is 48.5 Å². The van der Waals surface area contributed by atoms with Crippen molar-refractivity contribution in [2.45, 2.75) is 19.9 Å². The number of likely N-dealkylation sites (N-methyl/N-ethyl adjacent to an activating group) is 2. The van der Waals surface area contributed by atoms with E-state index in [-0.39, 0.29) is 30.9 Å². The lowest BCUT2D eigenvalue weighted by molar-refractivity contribution is -0.133. The van der Waals surface area contributed by atoms with Crippen LogP contribution in [0.2, 0.25) is 10.0 Å². The van der Waals surface area contributed by atoms with Crippen LogP contribution in [-0.4, -0.2) is 48.3 Å². The number of nitrogens with zero attached hydrogens (tertiary/aromatic N) is 2. The predicted octanol–water partition coefficient (Wildman–Crippen LogP) is 4.47. The highest BCUT2D eigenvalue weighted by Crippen LogP contribution is 2.29. The van der Waals surface area contributed by atoms with Crippen LogP contribution < -0.4 is 5.32 Å². The monoisotopic (exact) mass is 421 g/mol. The Labute approximate surface area is 176 Å². The number of anilines is 1. The lowest BCUT2D eigenvalue weighted by Crippen LogP contribution is -2.42. The first-order chi connectivity index (χ1) is 13.3. The van der Waals surface area contributed by atoms with Gasteiger partial charge in [0.25, 0.3) is 0 Å². The van der Waals surface area contributed by atoms with Crippen molar-refractivity contribution in [3.05, 3.63) is 64.1 Å². The average molecular weight is 422 g/mol. The molecule has 0 aliphatic heterocycles. The van der Waals surface area contributed by atoms with Gasteiger partial charge in [-0.05, 0) is 31.2 Å². The number of hydrogen-bond acceptors (Lipinski definition) is 3. The molecule has 1 N–H and O–H groups in total. The molecule has 2 aromatic carbocycles. The highest BCUT2D eigenvalue weighted by molar-refractivity contribution is 6.39. The summed E-state index contributed by atoms with van der Waals surface area (Å²) in [5, 5.41) is 3.47. The van der Waals surface area contributed by atoms with E-state index in [9.17, 15) is 9.59 Å². The number of halogens is 2. The summed E-state index contributed by atoms with van der Waals surface area (Å²) in [7, 11) is 1.78. The maximum absolute atomic E-state index is 12.7. The third kappa shape index (κ3) is 5.96. The molecule has 0 radical (unpaired) electrons. The summed E-state index contributed by atoms with van der Waals surface area (Å²) in [5.74, 6) is -0.329. The molecule has 0 bridgehead atoms. The number of rotatable bonds is 8. The number of carbonyl (C=O) groups excluding carboxylic acids is 2. The van der Waals surface area contributed by atoms with E-state index in [1.165, 1.54) is 0 Å². The molecule has 0 saturated carbocycles. The fourth-order valence-corrected chi connectivity index (χ4v) is 3.24. The molecule has 2 aromatic rings. The first-order valence-corrected chi connectivity index (χ1v) is 9.85. The minimum absolute atomic E-state index is 0.0526. The number of carbonyl (C=O) groups is 2. The zero-order valence-electron chi connectivity index (χ0n) is 16.3. The van der Waals surface area contributed by atoms with E-state index >= 15 is 0 Å². The van der Waals surface area contributed by atoms with Crippen LogP contribution in [0.25, 0.3) is 0 Å². The van der Waals surface area contributed by atoms with Gasteiger partial charge in [-0.15, -0.1) is 0 Å². The van der Waals surface area contributed by atoms with Gasteiger partial charge in [0.1, 0.15) is 0 Å². The summed E-state index contributed by atoms with van der Waals surface area (Å²) >= 11 is 12.2. The normalized spacial score (nSPS) is 11.9. The standard InChI is InChI=1S/C21H25Cl2N3O2/c1-4-26(13-19(27)24-21-17(22)11-8-12-18(21)23)14-20(28)25(3)15(2)16-9-6-5-7-10-16/h5-12,15H,4,13-14H2,1-3H3,(H,24,27). The molecule has 7 heteroatoms. The largest absolute Gasteiger partial charge is 0.338 e. The molecule has 5 nitrogen and oxygen atoms in total. The van der Waals surface area contributed by atoms with Gasteiger partial charge >= 0.3 is 0 Å². The average Bonchev–Trinajstić information content (AvgIpc) is 2.69.